The second kappa shape index (κ2) is 3.60. The van der Waals surface area contributed by atoms with Crippen LogP contribution in [0.3, 0.4) is 0 Å². The van der Waals surface area contributed by atoms with Crippen LogP contribution in [0, 0.1) is 11.8 Å². The third-order valence-corrected chi connectivity index (χ3v) is 5.45. The molecule has 3 aliphatic heterocycles. The van der Waals surface area contributed by atoms with Crippen molar-refractivity contribution in [1.29, 1.82) is 0 Å². The van der Waals surface area contributed by atoms with Gasteiger partial charge in [-0.1, -0.05) is 24.3 Å². The van der Waals surface area contributed by atoms with E-state index in [9.17, 15) is 4.79 Å². The first-order valence-electron chi connectivity index (χ1n) is 7.41. The summed E-state index contributed by atoms with van der Waals surface area (Å²) < 4.78 is 12.3. The first-order valence-corrected chi connectivity index (χ1v) is 7.41. The standard InChI is InChI=1S/C17H16O3/c18-12-6-8-17(7-3-9-19-17)14-13(12)15-10-4-1-2-5-11(10)16(14)20-15/h1-2,4-6,8,13-16H,3,7,9H2/t13-,14+,15+,16-,17+/m1/s1. The summed E-state index contributed by atoms with van der Waals surface area (Å²) in [6, 6.07) is 8.33. The van der Waals surface area contributed by atoms with Gasteiger partial charge in [0.2, 0.25) is 0 Å². The molecule has 3 heteroatoms. The molecule has 1 spiro atoms. The quantitative estimate of drug-likeness (QED) is 0.725. The molecule has 0 unspecified atom stereocenters. The zero-order chi connectivity index (χ0) is 13.3. The van der Waals surface area contributed by atoms with E-state index in [1.165, 1.54) is 11.1 Å². The van der Waals surface area contributed by atoms with Gasteiger partial charge in [0.25, 0.3) is 0 Å². The van der Waals surface area contributed by atoms with E-state index in [0.29, 0.717) is 0 Å². The van der Waals surface area contributed by atoms with Gasteiger partial charge < -0.3 is 9.47 Å². The maximum atomic E-state index is 12.4. The lowest BCUT2D eigenvalue weighted by atomic mass is 9.63. The Morgan fingerprint density at radius 2 is 1.95 bits per heavy atom. The summed E-state index contributed by atoms with van der Waals surface area (Å²) in [6.07, 6.45) is 5.77. The van der Waals surface area contributed by atoms with Gasteiger partial charge in [-0.3, -0.25) is 4.79 Å². The topological polar surface area (TPSA) is 35.5 Å². The van der Waals surface area contributed by atoms with Gasteiger partial charge >= 0.3 is 0 Å². The van der Waals surface area contributed by atoms with E-state index in [0.717, 1.165) is 19.4 Å². The summed E-state index contributed by atoms with van der Waals surface area (Å²) in [5, 5.41) is 0. The van der Waals surface area contributed by atoms with Crippen molar-refractivity contribution in [2.24, 2.45) is 11.8 Å². The highest BCUT2D eigenvalue weighted by Gasteiger charge is 2.63. The molecule has 3 nitrogen and oxygen atoms in total. The number of fused-ring (bicyclic) bond motifs is 9. The summed E-state index contributed by atoms with van der Waals surface area (Å²) >= 11 is 0. The minimum atomic E-state index is -0.272. The summed E-state index contributed by atoms with van der Waals surface area (Å²) in [5.41, 5.74) is 2.19. The minimum absolute atomic E-state index is 0.0215. The Hall–Kier alpha value is -1.45. The number of hydrogen-bond donors (Lipinski definition) is 0. The predicted octanol–water partition coefficient (Wildman–Crippen LogP) is 2.73. The van der Waals surface area contributed by atoms with E-state index in [1.54, 1.807) is 6.08 Å². The molecule has 1 aromatic carbocycles. The third kappa shape index (κ3) is 1.17. The lowest BCUT2D eigenvalue weighted by Crippen LogP contribution is -2.47. The van der Waals surface area contributed by atoms with E-state index < -0.39 is 0 Å². The Bertz CT molecular complexity index is 627. The van der Waals surface area contributed by atoms with Gasteiger partial charge in [-0.15, -0.1) is 0 Å². The predicted molar refractivity (Wildman–Crippen MR) is 72.1 cm³/mol. The van der Waals surface area contributed by atoms with E-state index in [1.807, 2.05) is 12.1 Å². The number of benzene rings is 1. The van der Waals surface area contributed by atoms with E-state index in [4.69, 9.17) is 9.47 Å². The van der Waals surface area contributed by atoms with E-state index in [2.05, 4.69) is 18.2 Å². The fourth-order valence-electron chi connectivity index (χ4n) is 4.68. The molecule has 5 atom stereocenters. The Morgan fingerprint density at radius 1 is 1.15 bits per heavy atom. The van der Waals surface area contributed by atoms with Gasteiger partial charge in [0.15, 0.2) is 5.78 Å². The molecule has 0 radical (unpaired) electrons. The van der Waals surface area contributed by atoms with E-state index in [-0.39, 0.29) is 35.4 Å². The molecular formula is C17H16O3. The summed E-state index contributed by atoms with van der Waals surface area (Å²) in [6.45, 7) is 0.792. The number of carbonyl (C=O) groups is 1. The summed E-state index contributed by atoms with van der Waals surface area (Å²) in [4.78, 5) is 12.4. The molecule has 0 N–H and O–H groups in total. The third-order valence-electron chi connectivity index (χ3n) is 5.45. The Labute approximate surface area is 117 Å². The van der Waals surface area contributed by atoms with Gasteiger partial charge in [-0.2, -0.15) is 0 Å². The van der Waals surface area contributed by atoms with Crippen molar-refractivity contribution in [1.82, 2.24) is 0 Å². The fraction of sp³-hybridized carbons (Fsp3) is 0.471. The van der Waals surface area contributed by atoms with Gasteiger partial charge in [-0.25, -0.2) is 0 Å². The van der Waals surface area contributed by atoms with Crippen molar-refractivity contribution in [2.45, 2.75) is 30.7 Å². The van der Waals surface area contributed by atoms with Crippen LogP contribution in [-0.4, -0.2) is 18.0 Å². The van der Waals surface area contributed by atoms with E-state index >= 15 is 0 Å². The zero-order valence-electron chi connectivity index (χ0n) is 11.1. The highest BCUT2D eigenvalue weighted by molar-refractivity contribution is 5.94. The van der Waals surface area contributed by atoms with Gasteiger partial charge in [0.1, 0.15) is 0 Å². The number of carbonyl (C=O) groups excluding carboxylic acids is 1. The second-order valence-electron chi connectivity index (χ2n) is 6.30. The van der Waals surface area contributed by atoms with Crippen LogP contribution in [0.2, 0.25) is 0 Å². The van der Waals surface area contributed by atoms with Crippen LogP contribution in [0.25, 0.3) is 0 Å². The maximum Gasteiger partial charge on any atom is 0.162 e. The van der Waals surface area contributed by atoms with Gasteiger partial charge in [0.05, 0.1) is 23.7 Å². The van der Waals surface area contributed by atoms with Gasteiger partial charge in [0, 0.05) is 12.5 Å². The smallest absolute Gasteiger partial charge is 0.162 e. The fourth-order valence-corrected chi connectivity index (χ4v) is 4.68. The molecule has 4 aliphatic rings. The highest BCUT2D eigenvalue weighted by Crippen LogP contribution is 2.63. The summed E-state index contributed by atoms with van der Waals surface area (Å²) in [7, 11) is 0. The molecule has 2 saturated heterocycles. The van der Waals surface area contributed by atoms with Crippen molar-refractivity contribution in [3.05, 3.63) is 47.5 Å². The molecule has 0 saturated carbocycles. The van der Waals surface area contributed by atoms with Crippen LogP contribution >= 0.6 is 0 Å². The number of rotatable bonds is 0. The van der Waals surface area contributed by atoms with Crippen molar-refractivity contribution in [2.75, 3.05) is 6.61 Å². The van der Waals surface area contributed by atoms with Crippen molar-refractivity contribution in [3.8, 4) is 0 Å². The van der Waals surface area contributed by atoms with Gasteiger partial charge in [-0.05, 0) is 36.1 Å². The van der Waals surface area contributed by atoms with Crippen molar-refractivity contribution >= 4 is 5.78 Å². The molecule has 20 heavy (non-hydrogen) atoms. The monoisotopic (exact) mass is 268 g/mol. The molecule has 2 fully saturated rings. The summed E-state index contributed by atoms with van der Waals surface area (Å²) in [5.74, 6) is 0.304. The minimum Gasteiger partial charge on any atom is -0.370 e. The zero-order valence-corrected chi connectivity index (χ0v) is 11.1. The molecule has 1 aromatic rings. The van der Waals surface area contributed by atoms with Crippen LogP contribution in [0.15, 0.2) is 36.4 Å². The molecule has 0 amide bonds. The number of ketones is 1. The lowest BCUT2D eigenvalue weighted by molar-refractivity contribution is -0.126. The Morgan fingerprint density at radius 3 is 2.70 bits per heavy atom. The van der Waals surface area contributed by atoms with Crippen molar-refractivity contribution in [3.63, 3.8) is 0 Å². The molecule has 0 aromatic heterocycles. The average Bonchev–Trinajstić information content (AvgIpc) is 3.18. The lowest BCUT2D eigenvalue weighted by Gasteiger charge is -2.42. The average molecular weight is 268 g/mol. The van der Waals surface area contributed by atoms with Crippen molar-refractivity contribution < 1.29 is 14.3 Å². The molecular weight excluding hydrogens is 252 g/mol. The number of allylic oxidation sites excluding steroid dienone is 1. The number of hydrogen-bond acceptors (Lipinski definition) is 3. The Balaban J connectivity index is 1.70. The maximum absolute atomic E-state index is 12.4. The van der Waals surface area contributed by atoms with Crippen LogP contribution in [0.1, 0.15) is 36.2 Å². The van der Waals surface area contributed by atoms with Crippen LogP contribution in [0.5, 0.6) is 0 Å². The number of ether oxygens (including phenoxy) is 2. The normalized spacial score (nSPS) is 44.1. The molecule has 2 bridgehead atoms. The second-order valence-corrected chi connectivity index (χ2v) is 6.30. The van der Waals surface area contributed by atoms with Crippen LogP contribution in [0.4, 0.5) is 0 Å². The van der Waals surface area contributed by atoms with Crippen LogP contribution < -0.4 is 0 Å². The highest BCUT2D eigenvalue weighted by atomic mass is 16.5. The first-order chi connectivity index (χ1) is 9.80. The Kier molecular flexibility index (Phi) is 2.02. The molecule has 1 aliphatic carbocycles. The largest absolute Gasteiger partial charge is 0.370 e. The molecule has 5 rings (SSSR count). The SMILES string of the molecule is O=C1C=C[C@@]2(CCCO2)[C@H]2[C@@H]1[C@H]1O[C@@H]2c2ccccc21. The van der Waals surface area contributed by atoms with Crippen LogP contribution in [-0.2, 0) is 14.3 Å². The first kappa shape index (κ1) is 11.2. The molecule has 3 heterocycles. The molecule has 102 valence electrons.